The predicted molar refractivity (Wildman–Crippen MR) is 100 cm³/mol. The third kappa shape index (κ3) is 3.36. The highest BCUT2D eigenvalue weighted by molar-refractivity contribution is 9.10. The van der Waals surface area contributed by atoms with Gasteiger partial charge in [0.05, 0.1) is 17.1 Å². The molecule has 1 N–H and O–H groups in total. The second kappa shape index (κ2) is 7.18. The molecular formula is C19H20BrN3O. The SMILES string of the molecule is CCCn1c(C(C)NC(=O)c2ccc(Br)cc2)nc2ccccc21. The van der Waals surface area contributed by atoms with Crippen LogP contribution in [0.2, 0.25) is 0 Å². The molecule has 1 amide bonds. The largest absolute Gasteiger partial charge is 0.342 e. The molecule has 0 bridgehead atoms. The maximum absolute atomic E-state index is 12.5. The minimum atomic E-state index is -0.167. The van der Waals surface area contributed by atoms with Crippen LogP contribution in [0.1, 0.15) is 42.5 Å². The number of para-hydroxylation sites is 2. The molecule has 0 aliphatic rings. The molecule has 0 saturated carbocycles. The first-order valence-electron chi connectivity index (χ1n) is 8.11. The Kier molecular flexibility index (Phi) is 5.00. The molecule has 2 aromatic carbocycles. The molecule has 24 heavy (non-hydrogen) atoms. The fourth-order valence-electron chi connectivity index (χ4n) is 2.83. The highest BCUT2D eigenvalue weighted by atomic mass is 79.9. The number of imidazole rings is 1. The summed E-state index contributed by atoms with van der Waals surface area (Å²) in [5.74, 6) is 0.800. The van der Waals surface area contributed by atoms with Crippen LogP contribution in [0.5, 0.6) is 0 Å². The van der Waals surface area contributed by atoms with Crippen LogP contribution in [0.25, 0.3) is 11.0 Å². The van der Waals surface area contributed by atoms with Crippen molar-refractivity contribution < 1.29 is 4.79 Å². The quantitative estimate of drug-likeness (QED) is 0.691. The first-order chi connectivity index (χ1) is 11.6. The monoisotopic (exact) mass is 385 g/mol. The third-order valence-corrected chi connectivity index (χ3v) is 4.50. The molecule has 3 aromatic rings. The van der Waals surface area contributed by atoms with Crippen LogP contribution in [0.4, 0.5) is 0 Å². The summed E-state index contributed by atoms with van der Waals surface area (Å²) in [6, 6.07) is 15.3. The van der Waals surface area contributed by atoms with Gasteiger partial charge in [-0.2, -0.15) is 0 Å². The van der Waals surface area contributed by atoms with E-state index in [-0.39, 0.29) is 11.9 Å². The first kappa shape index (κ1) is 16.7. The van der Waals surface area contributed by atoms with Crippen molar-refractivity contribution in [1.29, 1.82) is 0 Å². The Bertz CT molecular complexity index is 855. The number of fused-ring (bicyclic) bond motifs is 1. The Morgan fingerprint density at radius 3 is 2.62 bits per heavy atom. The second-order valence-electron chi connectivity index (χ2n) is 5.81. The summed E-state index contributed by atoms with van der Waals surface area (Å²) in [6.45, 7) is 5.00. The number of carbonyl (C=O) groups excluding carboxylic acids is 1. The van der Waals surface area contributed by atoms with Crippen LogP contribution in [0.15, 0.2) is 53.0 Å². The van der Waals surface area contributed by atoms with Crippen molar-refractivity contribution in [3.63, 3.8) is 0 Å². The van der Waals surface area contributed by atoms with Gasteiger partial charge in [-0.25, -0.2) is 4.98 Å². The summed E-state index contributed by atoms with van der Waals surface area (Å²) in [7, 11) is 0. The minimum Gasteiger partial charge on any atom is -0.342 e. The lowest BCUT2D eigenvalue weighted by molar-refractivity contribution is 0.0937. The Morgan fingerprint density at radius 2 is 1.92 bits per heavy atom. The summed E-state index contributed by atoms with van der Waals surface area (Å²) in [5.41, 5.74) is 2.72. The molecule has 124 valence electrons. The molecule has 3 rings (SSSR count). The summed E-state index contributed by atoms with van der Waals surface area (Å²) in [6.07, 6.45) is 1.01. The third-order valence-electron chi connectivity index (χ3n) is 3.97. The maximum Gasteiger partial charge on any atom is 0.251 e. The number of carbonyl (C=O) groups is 1. The van der Waals surface area contributed by atoms with Gasteiger partial charge in [-0.3, -0.25) is 4.79 Å². The topological polar surface area (TPSA) is 46.9 Å². The molecule has 5 heteroatoms. The van der Waals surface area contributed by atoms with Gasteiger partial charge in [-0.15, -0.1) is 0 Å². The number of hydrogen-bond donors (Lipinski definition) is 1. The van der Waals surface area contributed by atoms with Gasteiger partial charge >= 0.3 is 0 Å². The summed E-state index contributed by atoms with van der Waals surface area (Å²) < 4.78 is 3.15. The Balaban J connectivity index is 1.87. The summed E-state index contributed by atoms with van der Waals surface area (Å²) in [4.78, 5) is 17.2. The molecule has 1 atom stereocenters. The van der Waals surface area contributed by atoms with Crippen LogP contribution in [-0.2, 0) is 6.54 Å². The smallest absolute Gasteiger partial charge is 0.251 e. The molecule has 0 fully saturated rings. The Hall–Kier alpha value is -2.14. The average molecular weight is 386 g/mol. The normalized spacial score (nSPS) is 12.3. The van der Waals surface area contributed by atoms with Gasteiger partial charge in [0, 0.05) is 16.6 Å². The number of nitrogens with zero attached hydrogens (tertiary/aromatic N) is 2. The van der Waals surface area contributed by atoms with E-state index in [0.717, 1.165) is 34.3 Å². The predicted octanol–water partition coefficient (Wildman–Crippen LogP) is 4.70. The number of nitrogens with one attached hydrogen (secondary N) is 1. The minimum absolute atomic E-state index is 0.0925. The van der Waals surface area contributed by atoms with E-state index in [1.54, 1.807) is 12.1 Å². The molecule has 0 aliphatic heterocycles. The van der Waals surface area contributed by atoms with E-state index in [4.69, 9.17) is 4.98 Å². The van der Waals surface area contributed by atoms with Gasteiger partial charge in [0.1, 0.15) is 5.82 Å². The van der Waals surface area contributed by atoms with Crippen LogP contribution in [0, 0.1) is 0 Å². The van der Waals surface area contributed by atoms with Crippen molar-refractivity contribution in [3.8, 4) is 0 Å². The lowest BCUT2D eigenvalue weighted by Gasteiger charge is -2.16. The molecule has 4 nitrogen and oxygen atoms in total. The number of aryl methyl sites for hydroxylation is 1. The van der Waals surface area contributed by atoms with Gasteiger partial charge in [-0.1, -0.05) is 35.0 Å². The molecule has 1 unspecified atom stereocenters. The van der Waals surface area contributed by atoms with Crippen LogP contribution < -0.4 is 5.32 Å². The van der Waals surface area contributed by atoms with Crippen molar-refractivity contribution in [2.45, 2.75) is 32.9 Å². The molecule has 1 aromatic heterocycles. The maximum atomic E-state index is 12.5. The van der Waals surface area contributed by atoms with Gasteiger partial charge in [0.2, 0.25) is 0 Å². The average Bonchev–Trinajstić information content (AvgIpc) is 2.95. The molecule has 0 aliphatic carbocycles. The molecule has 0 radical (unpaired) electrons. The number of halogens is 1. The van der Waals surface area contributed by atoms with Crippen LogP contribution in [0.3, 0.4) is 0 Å². The zero-order chi connectivity index (χ0) is 17.1. The lowest BCUT2D eigenvalue weighted by Crippen LogP contribution is -2.28. The van der Waals surface area contributed by atoms with Crippen LogP contribution >= 0.6 is 15.9 Å². The van der Waals surface area contributed by atoms with E-state index in [1.807, 2.05) is 37.3 Å². The highest BCUT2D eigenvalue weighted by Crippen LogP contribution is 2.21. The van der Waals surface area contributed by atoms with Gasteiger partial charge in [-0.05, 0) is 49.7 Å². The van der Waals surface area contributed by atoms with E-state index in [1.165, 1.54) is 0 Å². The summed E-state index contributed by atoms with van der Waals surface area (Å²) in [5, 5.41) is 3.05. The number of aromatic nitrogens is 2. The van der Waals surface area contributed by atoms with Crippen molar-refractivity contribution in [2.24, 2.45) is 0 Å². The van der Waals surface area contributed by atoms with E-state index < -0.39 is 0 Å². The van der Waals surface area contributed by atoms with Crippen LogP contribution in [-0.4, -0.2) is 15.5 Å². The van der Waals surface area contributed by atoms with E-state index in [0.29, 0.717) is 5.56 Å². The van der Waals surface area contributed by atoms with Gasteiger partial charge in [0.25, 0.3) is 5.91 Å². The van der Waals surface area contributed by atoms with E-state index in [2.05, 4.69) is 38.8 Å². The van der Waals surface area contributed by atoms with E-state index >= 15 is 0 Å². The van der Waals surface area contributed by atoms with Crippen molar-refractivity contribution >= 4 is 32.9 Å². The number of rotatable bonds is 5. The van der Waals surface area contributed by atoms with Crippen molar-refractivity contribution in [2.75, 3.05) is 0 Å². The fourth-order valence-corrected chi connectivity index (χ4v) is 3.09. The fraction of sp³-hybridized carbons (Fsp3) is 0.263. The molecule has 1 heterocycles. The number of benzene rings is 2. The van der Waals surface area contributed by atoms with Gasteiger partial charge < -0.3 is 9.88 Å². The van der Waals surface area contributed by atoms with Crippen molar-refractivity contribution in [3.05, 3.63) is 64.4 Å². The first-order valence-corrected chi connectivity index (χ1v) is 8.91. The Labute approximate surface area is 150 Å². The standard InChI is InChI=1S/C19H20BrN3O/c1-3-12-23-17-7-5-4-6-16(17)22-18(23)13(2)21-19(24)14-8-10-15(20)11-9-14/h4-11,13H,3,12H2,1-2H3,(H,21,24). The number of amides is 1. The lowest BCUT2D eigenvalue weighted by atomic mass is 10.2. The van der Waals surface area contributed by atoms with Crippen molar-refractivity contribution in [1.82, 2.24) is 14.9 Å². The summed E-state index contributed by atoms with van der Waals surface area (Å²) >= 11 is 3.38. The molecular weight excluding hydrogens is 366 g/mol. The van der Waals surface area contributed by atoms with E-state index in [9.17, 15) is 4.79 Å². The highest BCUT2D eigenvalue weighted by Gasteiger charge is 2.18. The molecule has 0 spiro atoms. The second-order valence-corrected chi connectivity index (χ2v) is 6.73. The Morgan fingerprint density at radius 1 is 1.21 bits per heavy atom. The zero-order valence-electron chi connectivity index (χ0n) is 13.8. The number of hydrogen-bond acceptors (Lipinski definition) is 2. The molecule has 0 saturated heterocycles. The van der Waals surface area contributed by atoms with Gasteiger partial charge in [0.15, 0.2) is 0 Å². The zero-order valence-corrected chi connectivity index (χ0v) is 15.4.